The summed E-state index contributed by atoms with van der Waals surface area (Å²) in [5.74, 6) is -0.373. The zero-order chi connectivity index (χ0) is 16.2. The van der Waals surface area contributed by atoms with E-state index in [9.17, 15) is 4.79 Å². The summed E-state index contributed by atoms with van der Waals surface area (Å²) >= 11 is 0. The van der Waals surface area contributed by atoms with E-state index in [2.05, 4.69) is 29.5 Å². The highest BCUT2D eigenvalue weighted by Gasteiger charge is 2.13. The van der Waals surface area contributed by atoms with Crippen molar-refractivity contribution in [3.8, 4) is 5.69 Å². The number of esters is 1. The van der Waals surface area contributed by atoms with E-state index in [0.29, 0.717) is 11.1 Å². The molecule has 0 atom stereocenters. The first kappa shape index (κ1) is 15.2. The van der Waals surface area contributed by atoms with Crippen molar-refractivity contribution in [2.24, 2.45) is 0 Å². The Labute approximate surface area is 134 Å². The molecule has 0 spiro atoms. The molecule has 1 heterocycles. The monoisotopic (exact) mass is 309 g/mol. The Bertz CT molecular complexity index is 822. The highest BCUT2D eigenvalue weighted by molar-refractivity contribution is 6.02. The molecule has 5 nitrogen and oxygen atoms in total. The van der Waals surface area contributed by atoms with Crippen LogP contribution in [-0.4, -0.2) is 29.4 Å². The fourth-order valence-electron chi connectivity index (χ4n) is 2.49. The van der Waals surface area contributed by atoms with E-state index in [4.69, 9.17) is 4.74 Å². The molecule has 1 N–H and O–H groups in total. The van der Waals surface area contributed by atoms with Crippen molar-refractivity contribution in [3.05, 3.63) is 59.8 Å². The van der Waals surface area contributed by atoms with Crippen LogP contribution in [0, 0.1) is 0 Å². The second-order valence-electron chi connectivity index (χ2n) is 5.26. The van der Waals surface area contributed by atoms with Gasteiger partial charge >= 0.3 is 5.97 Å². The van der Waals surface area contributed by atoms with Crippen LogP contribution in [0.15, 0.2) is 48.7 Å². The molecule has 3 aromatic rings. The molecule has 0 saturated heterocycles. The topological polar surface area (TPSA) is 56.2 Å². The summed E-state index contributed by atoms with van der Waals surface area (Å²) in [4.78, 5) is 11.8. The molecule has 0 fully saturated rings. The predicted molar refractivity (Wildman–Crippen MR) is 89.8 cm³/mol. The summed E-state index contributed by atoms with van der Waals surface area (Å²) in [7, 11) is 1.38. The van der Waals surface area contributed by atoms with E-state index in [-0.39, 0.29) is 5.97 Å². The lowest BCUT2D eigenvalue weighted by Gasteiger charge is -2.04. The molecule has 0 saturated carbocycles. The molecule has 0 aliphatic rings. The highest BCUT2D eigenvalue weighted by atomic mass is 16.5. The maximum absolute atomic E-state index is 11.8. The summed E-state index contributed by atoms with van der Waals surface area (Å²) in [6.45, 7) is 3.88. The Morgan fingerprint density at radius 3 is 2.70 bits per heavy atom. The van der Waals surface area contributed by atoms with Crippen LogP contribution in [0.5, 0.6) is 0 Å². The maximum Gasteiger partial charge on any atom is 0.340 e. The lowest BCUT2D eigenvalue weighted by atomic mass is 10.1. The molecule has 0 bridgehead atoms. The first-order chi connectivity index (χ1) is 11.2. The van der Waals surface area contributed by atoms with Gasteiger partial charge in [-0.15, -0.1) is 0 Å². The van der Waals surface area contributed by atoms with Gasteiger partial charge in [-0.2, -0.15) is 5.10 Å². The van der Waals surface area contributed by atoms with Crippen LogP contribution < -0.4 is 5.32 Å². The number of ether oxygens (including phenoxy) is 1. The zero-order valence-electron chi connectivity index (χ0n) is 13.2. The lowest BCUT2D eigenvalue weighted by Crippen LogP contribution is -2.11. The molecular weight excluding hydrogens is 290 g/mol. The fourth-order valence-corrected chi connectivity index (χ4v) is 2.49. The van der Waals surface area contributed by atoms with Crippen molar-refractivity contribution in [1.82, 2.24) is 15.1 Å². The molecule has 0 amide bonds. The molecule has 23 heavy (non-hydrogen) atoms. The average molecular weight is 309 g/mol. The Kier molecular flexibility index (Phi) is 4.39. The lowest BCUT2D eigenvalue weighted by molar-refractivity contribution is 0.0602. The number of methoxy groups -OCH3 is 1. The van der Waals surface area contributed by atoms with E-state index < -0.39 is 0 Å². The number of nitrogens with one attached hydrogen (secondary N) is 1. The molecule has 0 aliphatic heterocycles. The predicted octanol–water partition coefficient (Wildman–Crippen LogP) is 2.92. The van der Waals surface area contributed by atoms with Gasteiger partial charge in [0.25, 0.3) is 0 Å². The largest absolute Gasteiger partial charge is 0.465 e. The Morgan fingerprint density at radius 1 is 1.22 bits per heavy atom. The minimum atomic E-state index is -0.373. The minimum Gasteiger partial charge on any atom is -0.465 e. The van der Waals surface area contributed by atoms with Crippen LogP contribution in [-0.2, 0) is 11.3 Å². The van der Waals surface area contributed by atoms with E-state index in [0.717, 1.165) is 24.2 Å². The van der Waals surface area contributed by atoms with Crippen molar-refractivity contribution < 1.29 is 9.53 Å². The second kappa shape index (κ2) is 6.62. The zero-order valence-corrected chi connectivity index (χ0v) is 13.2. The average Bonchev–Trinajstić information content (AvgIpc) is 3.03. The third-order valence-electron chi connectivity index (χ3n) is 3.72. The van der Waals surface area contributed by atoms with Crippen LogP contribution in [0.1, 0.15) is 22.8 Å². The van der Waals surface area contributed by atoms with E-state index >= 15 is 0 Å². The van der Waals surface area contributed by atoms with Crippen LogP contribution in [0.3, 0.4) is 0 Å². The maximum atomic E-state index is 11.8. The van der Waals surface area contributed by atoms with Crippen LogP contribution in [0.4, 0.5) is 0 Å². The summed E-state index contributed by atoms with van der Waals surface area (Å²) in [6.07, 6.45) is 1.92. The van der Waals surface area contributed by atoms with Gasteiger partial charge < -0.3 is 10.1 Å². The number of nitrogens with zero attached hydrogens (tertiary/aromatic N) is 2. The van der Waals surface area contributed by atoms with Gasteiger partial charge in [0.15, 0.2) is 0 Å². The normalized spacial score (nSPS) is 10.9. The Hall–Kier alpha value is -2.66. The fraction of sp³-hybridized carbons (Fsp3) is 0.222. The SMILES string of the molecule is CCNCc1ccc(-n2cc3cccc(C(=O)OC)c3n2)cc1. The number of benzene rings is 2. The summed E-state index contributed by atoms with van der Waals surface area (Å²) < 4.78 is 6.60. The molecule has 0 unspecified atom stereocenters. The van der Waals surface area contributed by atoms with Crippen molar-refractivity contribution in [1.29, 1.82) is 0 Å². The number of rotatable bonds is 5. The number of fused-ring (bicyclic) bond motifs is 1. The third-order valence-corrected chi connectivity index (χ3v) is 3.72. The smallest absolute Gasteiger partial charge is 0.340 e. The van der Waals surface area contributed by atoms with E-state index in [1.807, 2.05) is 30.5 Å². The van der Waals surface area contributed by atoms with Gasteiger partial charge in [-0.3, -0.25) is 0 Å². The quantitative estimate of drug-likeness (QED) is 0.736. The van der Waals surface area contributed by atoms with Gasteiger partial charge in [-0.05, 0) is 30.3 Å². The summed E-state index contributed by atoms with van der Waals surface area (Å²) in [5, 5.41) is 8.75. The molecule has 5 heteroatoms. The Balaban J connectivity index is 1.95. The van der Waals surface area contributed by atoms with Gasteiger partial charge in [-0.1, -0.05) is 31.2 Å². The van der Waals surface area contributed by atoms with Crippen molar-refractivity contribution >= 4 is 16.9 Å². The summed E-state index contributed by atoms with van der Waals surface area (Å²) in [5.41, 5.74) is 3.31. The molecule has 0 aliphatic carbocycles. The van der Waals surface area contributed by atoms with Gasteiger partial charge in [0.05, 0.1) is 18.4 Å². The van der Waals surface area contributed by atoms with E-state index in [1.165, 1.54) is 12.7 Å². The van der Waals surface area contributed by atoms with Crippen LogP contribution >= 0.6 is 0 Å². The van der Waals surface area contributed by atoms with Crippen molar-refractivity contribution in [3.63, 3.8) is 0 Å². The first-order valence-electron chi connectivity index (χ1n) is 7.59. The highest BCUT2D eigenvalue weighted by Crippen LogP contribution is 2.20. The van der Waals surface area contributed by atoms with Gasteiger partial charge in [0.1, 0.15) is 5.52 Å². The minimum absolute atomic E-state index is 0.373. The molecule has 2 aromatic carbocycles. The van der Waals surface area contributed by atoms with Crippen molar-refractivity contribution in [2.75, 3.05) is 13.7 Å². The van der Waals surface area contributed by atoms with Crippen LogP contribution in [0.25, 0.3) is 16.6 Å². The number of carbonyl (C=O) groups is 1. The van der Waals surface area contributed by atoms with Gasteiger partial charge in [0.2, 0.25) is 0 Å². The van der Waals surface area contributed by atoms with Gasteiger partial charge in [-0.25, -0.2) is 9.48 Å². The van der Waals surface area contributed by atoms with Crippen molar-refractivity contribution in [2.45, 2.75) is 13.5 Å². The molecule has 3 rings (SSSR count). The molecule has 118 valence electrons. The summed E-state index contributed by atoms with van der Waals surface area (Å²) in [6, 6.07) is 13.7. The number of carbonyl (C=O) groups excluding carboxylic acids is 1. The van der Waals surface area contributed by atoms with Crippen LogP contribution in [0.2, 0.25) is 0 Å². The Morgan fingerprint density at radius 2 is 2.00 bits per heavy atom. The number of hydrogen-bond donors (Lipinski definition) is 1. The van der Waals surface area contributed by atoms with E-state index in [1.54, 1.807) is 10.7 Å². The van der Waals surface area contributed by atoms with Gasteiger partial charge in [0, 0.05) is 18.1 Å². The molecule has 1 aromatic heterocycles. The number of hydrogen-bond acceptors (Lipinski definition) is 4. The molecular formula is C18H19N3O2. The molecule has 0 radical (unpaired) electrons. The first-order valence-corrected chi connectivity index (χ1v) is 7.59. The number of aromatic nitrogens is 2. The third kappa shape index (κ3) is 3.10. The standard InChI is InChI=1S/C18H19N3O2/c1-3-19-11-13-7-9-15(10-8-13)21-12-14-5-4-6-16(17(14)20-21)18(22)23-2/h4-10,12,19H,3,11H2,1-2H3. The second-order valence-corrected chi connectivity index (χ2v) is 5.26.